The fourth-order valence-corrected chi connectivity index (χ4v) is 3.16. The highest BCUT2D eigenvalue weighted by Gasteiger charge is 2.26. The summed E-state index contributed by atoms with van der Waals surface area (Å²) in [7, 11) is 0. The van der Waals surface area contributed by atoms with Crippen LogP contribution in [0.1, 0.15) is 49.0 Å². The van der Waals surface area contributed by atoms with Crippen molar-refractivity contribution >= 4 is 21.8 Å². The number of hydrogen-bond donors (Lipinski definition) is 1. The average molecular weight is 324 g/mol. The van der Waals surface area contributed by atoms with Gasteiger partial charge in [-0.15, -0.1) is 0 Å². The molecule has 2 nitrogen and oxygen atoms in total. The van der Waals surface area contributed by atoms with Crippen LogP contribution < -0.4 is 5.32 Å². The molecule has 1 aliphatic rings. The number of halogens is 1. The highest BCUT2D eigenvalue weighted by atomic mass is 79.9. The summed E-state index contributed by atoms with van der Waals surface area (Å²) in [6, 6.07) is 6.09. The van der Waals surface area contributed by atoms with Crippen molar-refractivity contribution in [3.05, 3.63) is 33.8 Å². The number of nitrogens with one attached hydrogen (secondary N) is 1. The van der Waals surface area contributed by atoms with Crippen LogP contribution in [0, 0.1) is 18.8 Å². The van der Waals surface area contributed by atoms with E-state index in [1.165, 1.54) is 12.8 Å². The molecule has 1 fully saturated rings. The summed E-state index contributed by atoms with van der Waals surface area (Å²) in [5, 5.41) is 3.20. The molecule has 0 saturated heterocycles. The fourth-order valence-electron chi connectivity index (χ4n) is 2.92. The molecule has 3 heteroatoms. The van der Waals surface area contributed by atoms with E-state index in [2.05, 4.69) is 35.1 Å². The van der Waals surface area contributed by atoms with Crippen LogP contribution in [0.5, 0.6) is 0 Å². The smallest absolute Gasteiger partial charge is 0.251 e. The maximum absolute atomic E-state index is 12.3. The van der Waals surface area contributed by atoms with Crippen molar-refractivity contribution in [3.63, 3.8) is 0 Å². The largest absolute Gasteiger partial charge is 0.349 e. The molecule has 0 spiro atoms. The molecule has 0 aliphatic heterocycles. The molecule has 0 bridgehead atoms. The number of carbonyl (C=O) groups excluding carboxylic acids is 1. The van der Waals surface area contributed by atoms with Crippen molar-refractivity contribution in [2.24, 2.45) is 11.8 Å². The lowest BCUT2D eigenvalue weighted by Gasteiger charge is -2.33. The first kappa shape index (κ1) is 14.6. The van der Waals surface area contributed by atoms with E-state index in [4.69, 9.17) is 0 Å². The van der Waals surface area contributed by atoms with Crippen LogP contribution >= 0.6 is 15.9 Å². The number of rotatable bonds is 2. The monoisotopic (exact) mass is 323 g/mol. The first-order chi connectivity index (χ1) is 8.97. The van der Waals surface area contributed by atoms with Gasteiger partial charge in [0.1, 0.15) is 0 Å². The van der Waals surface area contributed by atoms with Crippen LogP contribution in [0.3, 0.4) is 0 Å². The Morgan fingerprint density at radius 2 is 2.05 bits per heavy atom. The number of aryl methyl sites for hydroxylation is 1. The van der Waals surface area contributed by atoms with Gasteiger partial charge >= 0.3 is 0 Å². The van der Waals surface area contributed by atoms with Crippen molar-refractivity contribution in [1.29, 1.82) is 0 Å². The van der Waals surface area contributed by atoms with Gasteiger partial charge in [-0.25, -0.2) is 0 Å². The first-order valence-corrected chi connectivity index (χ1v) is 7.83. The van der Waals surface area contributed by atoms with E-state index in [1.807, 2.05) is 25.1 Å². The average Bonchev–Trinajstić information content (AvgIpc) is 2.36. The predicted octanol–water partition coefficient (Wildman–Crippen LogP) is 4.31. The minimum Gasteiger partial charge on any atom is -0.349 e. The maximum atomic E-state index is 12.3. The van der Waals surface area contributed by atoms with E-state index < -0.39 is 0 Å². The van der Waals surface area contributed by atoms with E-state index in [9.17, 15) is 4.79 Å². The summed E-state index contributed by atoms with van der Waals surface area (Å²) in [6.45, 7) is 6.55. The van der Waals surface area contributed by atoms with Gasteiger partial charge in [0.15, 0.2) is 0 Å². The van der Waals surface area contributed by atoms with Crippen molar-refractivity contribution in [2.75, 3.05) is 0 Å². The Bertz CT molecular complexity index is 472. The highest BCUT2D eigenvalue weighted by Crippen LogP contribution is 2.28. The molecule has 3 atom stereocenters. The lowest BCUT2D eigenvalue weighted by Crippen LogP contribution is -2.42. The lowest BCUT2D eigenvalue weighted by molar-refractivity contribution is 0.0899. The molecule has 0 aromatic heterocycles. The summed E-state index contributed by atoms with van der Waals surface area (Å²) < 4.78 is 1.05. The SMILES string of the molecule is Cc1cc(C(=O)NC2CCC(C)CC2C)ccc1Br. The van der Waals surface area contributed by atoms with Crippen LogP contribution in [0.4, 0.5) is 0 Å². The van der Waals surface area contributed by atoms with E-state index in [0.29, 0.717) is 12.0 Å². The molecule has 19 heavy (non-hydrogen) atoms. The summed E-state index contributed by atoms with van der Waals surface area (Å²) in [5.41, 5.74) is 1.85. The first-order valence-electron chi connectivity index (χ1n) is 7.04. The number of benzene rings is 1. The molecule has 1 amide bonds. The van der Waals surface area contributed by atoms with Crippen LogP contribution in [0.15, 0.2) is 22.7 Å². The molecule has 104 valence electrons. The van der Waals surface area contributed by atoms with Crippen LogP contribution in [-0.2, 0) is 0 Å². The van der Waals surface area contributed by atoms with Crippen molar-refractivity contribution < 1.29 is 4.79 Å². The lowest BCUT2D eigenvalue weighted by atomic mass is 9.80. The molecule has 1 N–H and O–H groups in total. The summed E-state index contributed by atoms with van der Waals surface area (Å²) in [6.07, 6.45) is 3.53. The van der Waals surface area contributed by atoms with Gasteiger partial charge in [0.25, 0.3) is 5.91 Å². The summed E-state index contributed by atoms with van der Waals surface area (Å²) in [4.78, 5) is 12.3. The van der Waals surface area contributed by atoms with Gasteiger partial charge in [-0.05, 0) is 61.8 Å². The van der Waals surface area contributed by atoms with Crippen LogP contribution in [-0.4, -0.2) is 11.9 Å². The fraction of sp³-hybridized carbons (Fsp3) is 0.562. The predicted molar refractivity (Wildman–Crippen MR) is 82.3 cm³/mol. The molecule has 1 saturated carbocycles. The Kier molecular flexibility index (Phi) is 4.67. The maximum Gasteiger partial charge on any atom is 0.251 e. The quantitative estimate of drug-likeness (QED) is 0.863. The molecular formula is C16H22BrNO. The highest BCUT2D eigenvalue weighted by molar-refractivity contribution is 9.10. The Balaban J connectivity index is 2.02. The van der Waals surface area contributed by atoms with Crippen molar-refractivity contribution in [3.8, 4) is 0 Å². The third-order valence-corrected chi connectivity index (χ3v) is 5.06. The van der Waals surface area contributed by atoms with Crippen molar-refractivity contribution in [1.82, 2.24) is 5.32 Å². The Morgan fingerprint density at radius 3 is 2.68 bits per heavy atom. The van der Waals surface area contributed by atoms with E-state index in [-0.39, 0.29) is 5.91 Å². The van der Waals surface area contributed by atoms with E-state index in [1.54, 1.807) is 0 Å². The normalized spacial score (nSPS) is 27.1. The molecule has 3 unspecified atom stereocenters. The molecule has 2 rings (SSSR count). The molecule has 0 heterocycles. The van der Waals surface area contributed by atoms with Gasteiger partial charge in [-0.2, -0.15) is 0 Å². The van der Waals surface area contributed by atoms with Gasteiger partial charge in [0, 0.05) is 16.1 Å². The molecule has 1 aliphatic carbocycles. The van der Waals surface area contributed by atoms with Crippen LogP contribution in [0.2, 0.25) is 0 Å². The van der Waals surface area contributed by atoms with Gasteiger partial charge in [-0.1, -0.05) is 29.8 Å². The van der Waals surface area contributed by atoms with Crippen LogP contribution in [0.25, 0.3) is 0 Å². The van der Waals surface area contributed by atoms with Gasteiger partial charge < -0.3 is 5.32 Å². The Hall–Kier alpha value is -0.830. The molecule has 1 aromatic rings. The minimum absolute atomic E-state index is 0.0574. The van der Waals surface area contributed by atoms with E-state index in [0.717, 1.165) is 27.9 Å². The second kappa shape index (κ2) is 6.08. The second-order valence-corrected chi connectivity index (χ2v) is 6.79. The zero-order valence-corrected chi connectivity index (χ0v) is 13.5. The zero-order chi connectivity index (χ0) is 14.0. The van der Waals surface area contributed by atoms with Gasteiger partial charge in [-0.3, -0.25) is 4.79 Å². The topological polar surface area (TPSA) is 29.1 Å². The number of amides is 1. The Labute approximate surface area is 124 Å². The van der Waals surface area contributed by atoms with Gasteiger partial charge in [0.05, 0.1) is 0 Å². The number of carbonyl (C=O) groups is 1. The molecular weight excluding hydrogens is 302 g/mol. The minimum atomic E-state index is 0.0574. The summed E-state index contributed by atoms with van der Waals surface area (Å²) in [5.74, 6) is 1.42. The third kappa shape index (κ3) is 3.59. The number of hydrogen-bond acceptors (Lipinski definition) is 1. The standard InChI is InChI=1S/C16H22BrNO/c1-10-4-7-15(12(3)8-10)18-16(19)13-5-6-14(17)11(2)9-13/h5-6,9-10,12,15H,4,7-8H2,1-3H3,(H,18,19). The second-order valence-electron chi connectivity index (χ2n) is 5.94. The zero-order valence-electron chi connectivity index (χ0n) is 11.9. The van der Waals surface area contributed by atoms with E-state index >= 15 is 0 Å². The third-order valence-electron chi connectivity index (χ3n) is 4.17. The Morgan fingerprint density at radius 1 is 1.32 bits per heavy atom. The molecule has 1 aromatic carbocycles. The van der Waals surface area contributed by atoms with Crippen molar-refractivity contribution in [2.45, 2.75) is 46.1 Å². The van der Waals surface area contributed by atoms with Gasteiger partial charge in [0.2, 0.25) is 0 Å². The molecule has 0 radical (unpaired) electrons. The summed E-state index contributed by atoms with van der Waals surface area (Å²) >= 11 is 3.46.